The highest BCUT2D eigenvalue weighted by Crippen LogP contribution is 2.21. The van der Waals surface area contributed by atoms with Crippen LogP contribution in [0.5, 0.6) is 0 Å². The summed E-state index contributed by atoms with van der Waals surface area (Å²) < 4.78 is 0. The van der Waals surface area contributed by atoms with Crippen LogP contribution in [0.25, 0.3) is 0 Å². The van der Waals surface area contributed by atoms with E-state index in [2.05, 4.69) is 25.4 Å². The molecule has 0 spiro atoms. The molecule has 0 atom stereocenters. The van der Waals surface area contributed by atoms with Crippen molar-refractivity contribution in [3.63, 3.8) is 0 Å². The summed E-state index contributed by atoms with van der Waals surface area (Å²) in [7, 11) is 0. The lowest BCUT2D eigenvalue weighted by Gasteiger charge is -2.11. The molecule has 0 aromatic rings. The van der Waals surface area contributed by atoms with Crippen LogP contribution >= 0.6 is 0 Å². The minimum Gasteiger partial charge on any atom is -0.266 e. The van der Waals surface area contributed by atoms with Crippen molar-refractivity contribution in [1.29, 1.82) is 0 Å². The Morgan fingerprint density at radius 2 is 1.92 bits per heavy atom. The van der Waals surface area contributed by atoms with Crippen molar-refractivity contribution in [3.8, 4) is 0 Å². The first-order valence-corrected chi connectivity index (χ1v) is 4.83. The zero-order valence-electron chi connectivity index (χ0n) is 9.52. The first-order valence-electron chi connectivity index (χ1n) is 4.83. The Hall–Kier alpha value is -0.850. The quantitative estimate of drug-likeness (QED) is 0.457. The molecular weight excluding hydrogens is 158 g/mol. The smallest absolute Gasteiger partial charge is 0.0403 e. The van der Waals surface area contributed by atoms with E-state index < -0.39 is 0 Å². The van der Waals surface area contributed by atoms with Gasteiger partial charge in [0.2, 0.25) is 0 Å². The first kappa shape index (κ1) is 12.2. The molecule has 0 saturated carbocycles. The second kappa shape index (κ2) is 5.74. The van der Waals surface area contributed by atoms with E-state index >= 15 is 0 Å². The normalized spacial score (nSPS) is 13.7. The van der Waals surface area contributed by atoms with Crippen LogP contribution in [0.1, 0.15) is 41.0 Å². The fraction of sp³-hybridized carbons (Fsp3) is 0.583. The van der Waals surface area contributed by atoms with Crippen molar-refractivity contribution in [2.75, 3.05) is 0 Å². The standard InChI is InChI=1S/C12H21N/c1-7-13-11(6)12(10(4)5)8-9(2)3/h7,9H,4,8H2,1-3,5-6H3/b12-11-,13-7-. The molecule has 0 heterocycles. The third-order valence-electron chi connectivity index (χ3n) is 1.89. The predicted molar refractivity (Wildman–Crippen MR) is 61.1 cm³/mol. The number of aliphatic imine (C=N–C) groups is 1. The monoisotopic (exact) mass is 179 g/mol. The van der Waals surface area contributed by atoms with Crippen molar-refractivity contribution in [3.05, 3.63) is 23.4 Å². The summed E-state index contributed by atoms with van der Waals surface area (Å²) in [4.78, 5) is 4.29. The summed E-state index contributed by atoms with van der Waals surface area (Å²) in [6.45, 7) is 14.4. The Labute approximate surface area is 82.3 Å². The molecule has 0 aliphatic carbocycles. The molecule has 0 saturated heterocycles. The largest absolute Gasteiger partial charge is 0.266 e. The van der Waals surface area contributed by atoms with Crippen molar-refractivity contribution in [2.24, 2.45) is 10.9 Å². The van der Waals surface area contributed by atoms with Crippen LogP contribution in [0.15, 0.2) is 28.4 Å². The van der Waals surface area contributed by atoms with Gasteiger partial charge in [-0.2, -0.15) is 0 Å². The molecular formula is C12H21N. The second-order valence-electron chi connectivity index (χ2n) is 3.83. The highest BCUT2D eigenvalue weighted by molar-refractivity contribution is 5.56. The van der Waals surface area contributed by atoms with Gasteiger partial charge < -0.3 is 0 Å². The summed E-state index contributed by atoms with van der Waals surface area (Å²) in [6, 6.07) is 0. The van der Waals surface area contributed by atoms with Crippen molar-refractivity contribution < 1.29 is 0 Å². The predicted octanol–water partition coefficient (Wildman–Crippen LogP) is 3.97. The maximum Gasteiger partial charge on any atom is 0.0403 e. The number of hydrogen-bond acceptors (Lipinski definition) is 1. The van der Waals surface area contributed by atoms with Gasteiger partial charge in [-0.05, 0) is 38.7 Å². The molecule has 0 fully saturated rings. The van der Waals surface area contributed by atoms with E-state index in [0.717, 1.165) is 17.7 Å². The van der Waals surface area contributed by atoms with Crippen LogP contribution in [0.3, 0.4) is 0 Å². The van der Waals surface area contributed by atoms with Gasteiger partial charge in [0.25, 0.3) is 0 Å². The van der Waals surface area contributed by atoms with E-state index in [1.54, 1.807) is 0 Å². The molecule has 1 nitrogen and oxygen atoms in total. The Kier molecular flexibility index (Phi) is 5.36. The SMILES string of the molecule is C=C(C)/C(CC(C)C)=C(C)\N=C/C. The van der Waals surface area contributed by atoms with Crippen molar-refractivity contribution in [2.45, 2.75) is 41.0 Å². The van der Waals surface area contributed by atoms with E-state index in [9.17, 15) is 0 Å². The Morgan fingerprint density at radius 1 is 1.38 bits per heavy atom. The summed E-state index contributed by atoms with van der Waals surface area (Å²) in [5.41, 5.74) is 3.54. The van der Waals surface area contributed by atoms with E-state index in [4.69, 9.17) is 0 Å². The number of hydrogen-bond donors (Lipinski definition) is 0. The van der Waals surface area contributed by atoms with Gasteiger partial charge in [-0.1, -0.05) is 26.0 Å². The fourth-order valence-corrected chi connectivity index (χ4v) is 1.31. The molecule has 0 radical (unpaired) electrons. The Bertz CT molecular complexity index is 232. The lowest BCUT2D eigenvalue weighted by molar-refractivity contribution is 0.641. The van der Waals surface area contributed by atoms with Crippen LogP contribution in [0.4, 0.5) is 0 Å². The molecule has 1 heteroatoms. The summed E-state index contributed by atoms with van der Waals surface area (Å²) >= 11 is 0. The van der Waals surface area contributed by atoms with E-state index in [0.29, 0.717) is 5.92 Å². The highest BCUT2D eigenvalue weighted by Gasteiger charge is 2.05. The molecule has 0 aliphatic heterocycles. The van der Waals surface area contributed by atoms with Crippen molar-refractivity contribution >= 4 is 6.21 Å². The summed E-state index contributed by atoms with van der Waals surface area (Å²) in [6.07, 6.45) is 2.90. The zero-order chi connectivity index (χ0) is 10.4. The van der Waals surface area contributed by atoms with E-state index in [-0.39, 0.29) is 0 Å². The van der Waals surface area contributed by atoms with Crippen LogP contribution in [0, 0.1) is 5.92 Å². The molecule has 74 valence electrons. The van der Waals surface area contributed by atoms with Gasteiger partial charge in [-0.3, -0.25) is 4.99 Å². The van der Waals surface area contributed by atoms with Gasteiger partial charge >= 0.3 is 0 Å². The number of rotatable bonds is 4. The number of allylic oxidation sites excluding steroid dienone is 3. The molecule has 0 amide bonds. The number of nitrogens with zero attached hydrogens (tertiary/aromatic N) is 1. The Morgan fingerprint density at radius 3 is 2.23 bits per heavy atom. The van der Waals surface area contributed by atoms with E-state index in [1.165, 1.54) is 5.57 Å². The van der Waals surface area contributed by atoms with Gasteiger partial charge in [-0.25, -0.2) is 0 Å². The molecule has 0 aromatic carbocycles. The minimum absolute atomic E-state index is 0.661. The fourth-order valence-electron chi connectivity index (χ4n) is 1.31. The van der Waals surface area contributed by atoms with Gasteiger partial charge in [0, 0.05) is 11.9 Å². The maximum atomic E-state index is 4.29. The minimum atomic E-state index is 0.661. The van der Waals surface area contributed by atoms with Crippen LogP contribution in [-0.4, -0.2) is 6.21 Å². The summed E-state index contributed by atoms with van der Waals surface area (Å²) in [5.74, 6) is 0.661. The maximum absolute atomic E-state index is 4.29. The molecule has 0 N–H and O–H groups in total. The average molecular weight is 179 g/mol. The van der Waals surface area contributed by atoms with Gasteiger partial charge in [0.1, 0.15) is 0 Å². The molecule has 13 heavy (non-hydrogen) atoms. The third-order valence-corrected chi connectivity index (χ3v) is 1.89. The lowest BCUT2D eigenvalue weighted by atomic mass is 9.97. The van der Waals surface area contributed by atoms with Gasteiger partial charge in [-0.15, -0.1) is 0 Å². The Balaban J connectivity index is 4.77. The highest BCUT2D eigenvalue weighted by atomic mass is 14.7. The first-order chi connectivity index (χ1) is 5.99. The van der Waals surface area contributed by atoms with E-state index in [1.807, 2.05) is 27.0 Å². The second-order valence-corrected chi connectivity index (χ2v) is 3.83. The zero-order valence-corrected chi connectivity index (χ0v) is 9.52. The third kappa shape index (κ3) is 4.66. The molecule has 0 rings (SSSR count). The van der Waals surface area contributed by atoms with Crippen LogP contribution < -0.4 is 0 Å². The van der Waals surface area contributed by atoms with Gasteiger partial charge in [0.05, 0.1) is 0 Å². The van der Waals surface area contributed by atoms with Crippen LogP contribution in [-0.2, 0) is 0 Å². The average Bonchev–Trinajstić information content (AvgIpc) is 1.99. The van der Waals surface area contributed by atoms with Crippen molar-refractivity contribution in [1.82, 2.24) is 0 Å². The summed E-state index contributed by atoms with van der Waals surface area (Å²) in [5, 5.41) is 0. The lowest BCUT2D eigenvalue weighted by Crippen LogP contribution is -1.95. The molecule has 0 aromatic heterocycles. The molecule has 0 unspecified atom stereocenters. The van der Waals surface area contributed by atoms with Crippen LogP contribution in [0.2, 0.25) is 0 Å². The molecule has 0 bridgehead atoms. The molecule has 0 aliphatic rings. The van der Waals surface area contributed by atoms with Gasteiger partial charge in [0.15, 0.2) is 0 Å². The topological polar surface area (TPSA) is 12.4 Å².